The van der Waals surface area contributed by atoms with Crippen LogP contribution in [-0.4, -0.2) is 34.9 Å². The first-order chi connectivity index (χ1) is 19.5. The maximum atomic E-state index is 13.1. The minimum absolute atomic E-state index is 0.0793. The first kappa shape index (κ1) is 27.2. The van der Waals surface area contributed by atoms with Crippen LogP contribution in [0.2, 0.25) is 0 Å². The average molecular weight is 550 g/mol. The van der Waals surface area contributed by atoms with Crippen LogP contribution in [0.4, 0.5) is 5.69 Å². The predicted molar refractivity (Wildman–Crippen MR) is 160 cm³/mol. The van der Waals surface area contributed by atoms with Gasteiger partial charge in [0, 0.05) is 12.1 Å². The van der Waals surface area contributed by atoms with E-state index >= 15 is 0 Å². The lowest BCUT2D eigenvalue weighted by molar-refractivity contribution is -0.128. The third kappa shape index (κ3) is 6.43. The molecular weight excluding hydrogens is 518 g/mol. The highest BCUT2D eigenvalue weighted by atomic mass is 32.2. The molecule has 1 aliphatic rings. The van der Waals surface area contributed by atoms with Crippen LogP contribution in [0.3, 0.4) is 0 Å². The molecule has 1 fully saturated rings. The van der Waals surface area contributed by atoms with Gasteiger partial charge in [-0.05, 0) is 54.3 Å². The lowest BCUT2D eigenvalue weighted by atomic mass is 10.1. The fraction of sp³-hybridized carbons (Fsp3) is 0.182. The summed E-state index contributed by atoms with van der Waals surface area (Å²) in [4.78, 5) is 40.7. The van der Waals surface area contributed by atoms with Crippen LogP contribution in [0.1, 0.15) is 55.7 Å². The van der Waals surface area contributed by atoms with E-state index in [0.717, 1.165) is 17.5 Å². The molecule has 0 saturated carbocycles. The van der Waals surface area contributed by atoms with Crippen LogP contribution < -0.4 is 10.6 Å². The van der Waals surface area contributed by atoms with E-state index in [-0.39, 0.29) is 29.1 Å². The molecule has 6 nitrogen and oxygen atoms in total. The van der Waals surface area contributed by atoms with Crippen molar-refractivity contribution in [3.8, 4) is 0 Å². The summed E-state index contributed by atoms with van der Waals surface area (Å²) < 4.78 is 0. The van der Waals surface area contributed by atoms with Crippen molar-refractivity contribution in [2.75, 3.05) is 17.6 Å². The van der Waals surface area contributed by atoms with Gasteiger partial charge in [-0.2, -0.15) is 0 Å². The van der Waals surface area contributed by atoms with Crippen molar-refractivity contribution in [3.05, 3.63) is 137 Å². The Balaban J connectivity index is 1.24. The van der Waals surface area contributed by atoms with Crippen molar-refractivity contribution in [2.45, 2.75) is 24.8 Å². The van der Waals surface area contributed by atoms with Gasteiger partial charge in [0.15, 0.2) is 0 Å². The van der Waals surface area contributed by atoms with Crippen molar-refractivity contribution in [3.63, 3.8) is 0 Å². The first-order valence-electron chi connectivity index (χ1n) is 13.3. The zero-order chi connectivity index (χ0) is 27.9. The summed E-state index contributed by atoms with van der Waals surface area (Å²) in [5.41, 5.74) is 4.49. The van der Waals surface area contributed by atoms with Crippen LogP contribution in [0.15, 0.2) is 109 Å². The second-order valence-corrected chi connectivity index (χ2v) is 10.8. The van der Waals surface area contributed by atoms with Gasteiger partial charge < -0.3 is 15.5 Å². The van der Waals surface area contributed by atoms with Crippen molar-refractivity contribution in [1.82, 2.24) is 10.2 Å². The van der Waals surface area contributed by atoms with Crippen molar-refractivity contribution >= 4 is 35.2 Å². The van der Waals surface area contributed by atoms with Gasteiger partial charge in [-0.3, -0.25) is 14.4 Å². The van der Waals surface area contributed by atoms with Crippen LogP contribution in [0.5, 0.6) is 0 Å². The Morgan fingerprint density at radius 1 is 0.850 bits per heavy atom. The molecule has 5 rings (SSSR count). The van der Waals surface area contributed by atoms with E-state index in [4.69, 9.17) is 0 Å². The lowest BCUT2D eigenvalue weighted by Crippen LogP contribution is -2.30. The number of hydrogen-bond acceptors (Lipinski definition) is 4. The Hall–Kier alpha value is -4.36. The lowest BCUT2D eigenvalue weighted by Gasteiger charge is -2.24. The fourth-order valence-electron chi connectivity index (χ4n) is 4.75. The third-order valence-corrected chi connectivity index (χ3v) is 8.23. The largest absolute Gasteiger partial charge is 0.345 e. The summed E-state index contributed by atoms with van der Waals surface area (Å²) in [7, 11) is 0. The molecule has 1 saturated heterocycles. The smallest absolute Gasteiger partial charge is 0.255 e. The minimum Gasteiger partial charge on any atom is -0.345 e. The number of para-hydroxylation sites is 1. The van der Waals surface area contributed by atoms with E-state index in [1.807, 2.05) is 72.5 Å². The number of carbonyl (C=O) groups is 3. The SMILES string of the molecule is C[C@@H](NC(=O)c1ccccc1NC(=O)c1ccc([C@H]2SCC(=O)N2CCc2ccccc2)cc1)c1ccccc1. The maximum Gasteiger partial charge on any atom is 0.255 e. The Bertz CT molecular complexity index is 1480. The van der Waals surface area contributed by atoms with E-state index in [2.05, 4.69) is 22.8 Å². The molecule has 40 heavy (non-hydrogen) atoms. The zero-order valence-corrected chi connectivity index (χ0v) is 23.1. The standard InChI is InChI=1S/C33H31N3O3S/c1-23(25-12-6-3-7-13-25)34-32(39)28-14-8-9-15-29(28)35-31(38)26-16-18-27(19-17-26)33-36(30(37)22-40-33)21-20-24-10-4-2-5-11-24/h2-19,23,33H,20-22H2,1H3,(H,34,39)(H,35,38)/t23-,33-/m1/s1. The Morgan fingerprint density at radius 2 is 1.50 bits per heavy atom. The van der Waals surface area contributed by atoms with E-state index in [1.165, 1.54) is 5.56 Å². The second-order valence-electron chi connectivity index (χ2n) is 9.71. The molecule has 7 heteroatoms. The highest BCUT2D eigenvalue weighted by Crippen LogP contribution is 2.38. The molecule has 4 aromatic carbocycles. The topological polar surface area (TPSA) is 78.5 Å². The number of hydrogen-bond donors (Lipinski definition) is 2. The molecule has 0 unspecified atom stereocenters. The Labute approximate surface area is 238 Å². The quantitative estimate of drug-likeness (QED) is 0.259. The fourth-order valence-corrected chi connectivity index (χ4v) is 5.97. The van der Waals surface area contributed by atoms with Gasteiger partial charge >= 0.3 is 0 Å². The molecule has 0 radical (unpaired) electrons. The highest BCUT2D eigenvalue weighted by molar-refractivity contribution is 8.00. The van der Waals surface area contributed by atoms with Gasteiger partial charge in [-0.1, -0.05) is 84.9 Å². The van der Waals surface area contributed by atoms with E-state index in [9.17, 15) is 14.4 Å². The van der Waals surface area contributed by atoms with Crippen LogP contribution in [0, 0.1) is 0 Å². The Kier molecular flexibility index (Phi) is 8.62. The van der Waals surface area contributed by atoms with Gasteiger partial charge in [-0.15, -0.1) is 11.8 Å². The van der Waals surface area contributed by atoms with Crippen LogP contribution >= 0.6 is 11.8 Å². The van der Waals surface area contributed by atoms with Crippen molar-refractivity contribution in [1.29, 1.82) is 0 Å². The molecular formula is C33H31N3O3S. The monoisotopic (exact) mass is 549 g/mol. The number of nitrogens with zero attached hydrogens (tertiary/aromatic N) is 1. The number of amides is 3. The van der Waals surface area contributed by atoms with Gasteiger partial charge in [0.05, 0.1) is 23.0 Å². The third-order valence-electron chi connectivity index (χ3n) is 6.98. The number of benzene rings is 4. The Morgan fingerprint density at radius 3 is 2.23 bits per heavy atom. The van der Waals surface area contributed by atoms with Gasteiger partial charge in [0.25, 0.3) is 11.8 Å². The number of nitrogens with one attached hydrogen (secondary N) is 2. The van der Waals surface area contributed by atoms with Gasteiger partial charge in [-0.25, -0.2) is 0 Å². The van der Waals surface area contributed by atoms with E-state index in [0.29, 0.717) is 29.1 Å². The van der Waals surface area contributed by atoms with Crippen molar-refractivity contribution < 1.29 is 14.4 Å². The molecule has 202 valence electrons. The van der Waals surface area contributed by atoms with Gasteiger partial charge in [0.2, 0.25) is 5.91 Å². The number of anilines is 1. The predicted octanol–water partition coefficient (Wildman–Crippen LogP) is 6.25. The van der Waals surface area contributed by atoms with Crippen LogP contribution in [0.25, 0.3) is 0 Å². The molecule has 0 aromatic heterocycles. The molecule has 2 atom stereocenters. The number of rotatable bonds is 9. The molecule has 0 spiro atoms. The summed E-state index contributed by atoms with van der Waals surface area (Å²) >= 11 is 1.60. The molecule has 0 aliphatic carbocycles. The summed E-state index contributed by atoms with van der Waals surface area (Å²) in [5.74, 6) is 0.00741. The molecule has 3 amide bonds. The molecule has 0 bridgehead atoms. The van der Waals surface area contributed by atoms with Crippen LogP contribution in [-0.2, 0) is 11.2 Å². The molecule has 1 heterocycles. The first-order valence-corrected chi connectivity index (χ1v) is 14.4. The zero-order valence-electron chi connectivity index (χ0n) is 22.2. The number of carbonyl (C=O) groups excluding carboxylic acids is 3. The molecule has 2 N–H and O–H groups in total. The number of thioether (sulfide) groups is 1. The highest BCUT2D eigenvalue weighted by Gasteiger charge is 2.32. The molecule has 4 aromatic rings. The normalized spacial score (nSPS) is 15.5. The maximum absolute atomic E-state index is 13.1. The average Bonchev–Trinajstić information content (AvgIpc) is 3.37. The summed E-state index contributed by atoms with van der Waals surface area (Å²) in [6.07, 6.45) is 0.793. The molecule has 1 aliphatic heterocycles. The second kappa shape index (κ2) is 12.7. The summed E-state index contributed by atoms with van der Waals surface area (Å²) in [5, 5.41) is 5.82. The van der Waals surface area contributed by atoms with E-state index in [1.54, 1.807) is 48.2 Å². The van der Waals surface area contributed by atoms with Crippen molar-refractivity contribution in [2.24, 2.45) is 0 Å². The summed E-state index contributed by atoms with van der Waals surface area (Å²) in [6, 6.07) is 34.0. The minimum atomic E-state index is -0.306. The van der Waals surface area contributed by atoms with Gasteiger partial charge in [0.1, 0.15) is 5.37 Å². The van der Waals surface area contributed by atoms with E-state index < -0.39 is 0 Å². The summed E-state index contributed by atoms with van der Waals surface area (Å²) in [6.45, 7) is 2.57.